The van der Waals surface area contributed by atoms with Crippen molar-refractivity contribution in [2.75, 3.05) is 6.54 Å². The number of nitrogens with zero attached hydrogens (tertiary/aromatic N) is 1. The van der Waals surface area contributed by atoms with Crippen LogP contribution in [0.4, 0.5) is 0 Å². The molecule has 3 heteroatoms. The summed E-state index contributed by atoms with van der Waals surface area (Å²) in [6.45, 7) is 0.640. The molecule has 3 nitrogen and oxygen atoms in total. The van der Waals surface area contributed by atoms with Crippen molar-refractivity contribution in [2.24, 2.45) is 5.73 Å². The topological polar surface area (TPSA) is 59.1 Å². The lowest BCUT2D eigenvalue weighted by Gasteiger charge is -2.09. The molecule has 3 aromatic rings. The van der Waals surface area contributed by atoms with E-state index in [2.05, 4.69) is 23.2 Å². The van der Waals surface area contributed by atoms with Gasteiger partial charge in [-0.1, -0.05) is 30.3 Å². The van der Waals surface area contributed by atoms with Crippen LogP contribution in [0.25, 0.3) is 22.0 Å². The average molecular weight is 264 g/mol. The first kappa shape index (κ1) is 12.6. The van der Waals surface area contributed by atoms with E-state index < -0.39 is 0 Å². The molecule has 0 saturated heterocycles. The summed E-state index contributed by atoms with van der Waals surface area (Å²) in [5, 5.41) is 10.9. The third-order valence-electron chi connectivity index (χ3n) is 3.42. The zero-order valence-electron chi connectivity index (χ0n) is 11.1. The summed E-state index contributed by atoms with van der Waals surface area (Å²) in [7, 11) is 0. The molecule has 0 saturated carbocycles. The van der Waals surface area contributed by atoms with Gasteiger partial charge in [0.1, 0.15) is 11.3 Å². The minimum Gasteiger partial charge on any atom is -0.506 e. The van der Waals surface area contributed by atoms with Crippen molar-refractivity contribution in [1.29, 1.82) is 0 Å². The number of aromatic nitrogens is 1. The van der Waals surface area contributed by atoms with Gasteiger partial charge in [0.15, 0.2) is 0 Å². The Balaban J connectivity index is 2.19. The Morgan fingerprint density at radius 3 is 2.80 bits per heavy atom. The number of phenolic OH excluding ortho intramolecular Hbond substituents is 1. The van der Waals surface area contributed by atoms with Crippen molar-refractivity contribution in [2.45, 2.75) is 6.42 Å². The van der Waals surface area contributed by atoms with Crippen molar-refractivity contribution in [3.05, 3.63) is 60.3 Å². The van der Waals surface area contributed by atoms with Gasteiger partial charge >= 0.3 is 0 Å². The third kappa shape index (κ3) is 2.24. The quantitative estimate of drug-likeness (QED) is 0.764. The van der Waals surface area contributed by atoms with E-state index >= 15 is 0 Å². The van der Waals surface area contributed by atoms with Gasteiger partial charge in [0.05, 0.1) is 0 Å². The van der Waals surface area contributed by atoms with Gasteiger partial charge in [-0.2, -0.15) is 0 Å². The molecule has 0 unspecified atom stereocenters. The van der Waals surface area contributed by atoms with Gasteiger partial charge < -0.3 is 10.8 Å². The Bertz CT molecular complexity index is 753. The van der Waals surface area contributed by atoms with Crippen LogP contribution >= 0.6 is 0 Å². The lowest BCUT2D eigenvalue weighted by Crippen LogP contribution is -2.02. The van der Waals surface area contributed by atoms with Crippen LogP contribution in [0.5, 0.6) is 5.75 Å². The number of phenols is 1. The Morgan fingerprint density at radius 2 is 1.95 bits per heavy atom. The molecule has 100 valence electrons. The number of pyridine rings is 1. The molecule has 3 rings (SSSR count). The first-order valence-electron chi connectivity index (χ1n) is 6.65. The maximum absolute atomic E-state index is 9.90. The summed E-state index contributed by atoms with van der Waals surface area (Å²) < 4.78 is 0. The Morgan fingerprint density at radius 1 is 1.05 bits per heavy atom. The standard InChI is InChI=1S/C17H16N2O/c18-9-8-12-3-1-4-13(11-12)14-6-7-16(20)17-15(14)5-2-10-19-17/h1-7,10-11,20H,8-9,18H2. The van der Waals surface area contributed by atoms with Crippen molar-refractivity contribution in [3.8, 4) is 16.9 Å². The van der Waals surface area contributed by atoms with Crippen LogP contribution in [-0.2, 0) is 6.42 Å². The second-order valence-electron chi connectivity index (χ2n) is 4.77. The van der Waals surface area contributed by atoms with Gasteiger partial charge in [-0.15, -0.1) is 0 Å². The first-order valence-corrected chi connectivity index (χ1v) is 6.65. The second-order valence-corrected chi connectivity index (χ2v) is 4.77. The van der Waals surface area contributed by atoms with Crippen molar-refractivity contribution in [3.63, 3.8) is 0 Å². The fourth-order valence-electron chi connectivity index (χ4n) is 2.47. The summed E-state index contributed by atoms with van der Waals surface area (Å²) in [6, 6.07) is 15.8. The minimum atomic E-state index is 0.211. The monoisotopic (exact) mass is 264 g/mol. The minimum absolute atomic E-state index is 0.211. The van der Waals surface area contributed by atoms with Crippen LogP contribution in [0.3, 0.4) is 0 Å². The van der Waals surface area contributed by atoms with Gasteiger partial charge in [0.2, 0.25) is 0 Å². The van der Waals surface area contributed by atoms with Crippen LogP contribution in [0, 0.1) is 0 Å². The SMILES string of the molecule is NCCc1cccc(-c2ccc(O)c3ncccc23)c1. The normalized spacial score (nSPS) is 10.8. The van der Waals surface area contributed by atoms with E-state index in [0.29, 0.717) is 12.1 Å². The zero-order valence-corrected chi connectivity index (χ0v) is 11.1. The molecular weight excluding hydrogens is 248 g/mol. The fraction of sp³-hybridized carbons (Fsp3) is 0.118. The molecule has 0 spiro atoms. The molecule has 0 aliphatic rings. The highest BCUT2D eigenvalue weighted by atomic mass is 16.3. The maximum Gasteiger partial charge on any atom is 0.141 e. The maximum atomic E-state index is 9.90. The fourth-order valence-corrected chi connectivity index (χ4v) is 2.47. The highest BCUT2D eigenvalue weighted by Gasteiger charge is 2.08. The number of rotatable bonds is 3. The van der Waals surface area contributed by atoms with Gasteiger partial charge in [-0.05, 0) is 47.9 Å². The molecular formula is C17H16N2O. The molecule has 0 fully saturated rings. The molecule has 1 aromatic heterocycles. The Labute approximate surface area is 117 Å². The number of fused-ring (bicyclic) bond motifs is 1. The molecule has 3 N–H and O–H groups in total. The summed E-state index contributed by atoms with van der Waals surface area (Å²) in [5.74, 6) is 0.211. The number of aromatic hydroxyl groups is 1. The van der Waals surface area contributed by atoms with Crippen molar-refractivity contribution < 1.29 is 5.11 Å². The highest BCUT2D eigenvalue weighted by molar-refractivity contribution is 5.97. The predicted octanol–water partition coefficient (Wildman–Crippen LogP) is 3.11. The molecule has 20 heavy (non-hydrogen) atoms. The van der Waals surface area contributed by atoms with Crippen LogP contribution in [-0.4, -0.2) is 16.6 Å². The summed E-state index contributed by atoms with van der Waals surface area (Å²) in [5.41, 5.74) is 9.66. The van der Waals surface area contributed by atoms with E-state index in [4.69, 9.17) is 5.73 Å². The van der Waals surface area contributed by atoms with E-state index in [1.165, 1.54) is 5.56 Å². The molecule has 0 amide bonds. The van der Waals surface area contributed by atoms with E-state index in [1.54, 1.807) is 12.3 Å². The molecule has 0 radical (unpaired) electrons. The Kier molecular flexibility index (Phi) is 3.35. The highest BCUT2D eigenvalue weighted by Crippen LogP contribution is 2.32. The van der Waals surface area contributed by atoms with E-state index in [9.17, 15) is 5.11 Å². The number of nitrogens with two attached hydrogens (primary N) is 1. The molecule has 0 aliphatic carbocycles. The number of hydrogen-bond donors (Lipinski definition) is 2. The number of benzene rings is 2. The summed E-state index contributed by atoms with van der Waals surface area (Å²) in [4.78, 5) is 4.26. The van der Waals surface area contributed by atoms with Gasteiger partial charge in [0, 0.05) is 11.6 Å². The van der Waals surface area contributed by atoms with Crippen LogP contribution in [0.15, 0.2) is 54.7 Å². The van der Waals surface area contributed by atoms with Gasteiger partial charge in [0.25, 0.3) is 0 Å². The first-order chi connectivity index (χ1) is 9.79. The third-order valence-corrected chi connectivity index (χ3v) is 3.42. The van der Waals surface area contributed by atoms with Gasteiger partial charge in [-0.3, -0.25) is 4.98 Å². The van der Waals surface area contributed by atoms with Crippen LogP contribution in [0.2, 0.25) is 0 Å². The average Bonchev–Trinajstić information content (AvgIpc) is 2.49. The van der Waals surface area contributed by atoms with Crippen molar-refractivity contribution in [1.82, 2.24) is 4.98 Å². The summed E-state index contributed by atoms with van der Waals surface area (Å²) >= 11 is 0. The predicted molar refractivity (Wildman–Crippen MR) is 81.6 cm³/mol. The zero-order chi connectivity index (χ0) is 13.9. The molecule has 1 heterocycles. The molecule has 2 aromatic carbocycles. The largest absolute Gasteiger partial charge is 0.506 e. The molecule has 0 bridgehead atoms. The van der Waals surface area contributed by atoms with Gasteiger partial charge in [-0.25, -0.2) is 0 Å². The molecule has 0 aliphatic heterocycles. The Hall–Kier alpha value is -2.39. The number of hydrogen-bond acceptors (Lipinski definition) is 3. The van der Waals surface area contributed by atoms with E-state index in [-0.39, 0.29) is 5.75 Å². The van der Waals surface area contributed by atoms with E-state index in [1.807, 2.05) is 24.3 Å². The summed E-state index contributed by atoms with van der Waals surface area (Å²) in [6.07, 6.45) is 2.55. The van der Waals surface area contributed by atoms with Crippen LogP contribution < -0.4 is 5.73 Å². The lowest BCUT2D eigenvalue weighted by molar-refractivity contribution is 0.480. The second kappa shape index (κ2) is 5.31. The van der Waals surface area contributed by atoms with Crippen LogP contribution in [0.1, 0.15) is 5.56 Å². The smallest absolute Gasteiger partial charge is 0.141 e. The molecule has 0 atom stereocenters. The van der Waals surface area contributed by atoms with E-state index in [0.717, 1.165) is 22.9 Å². The lowest BCUT2D eigenvalue weighted by atomic mass is 9.98. The van der Waals surface area contributed by atoms with Crippen molar-refractivity contribution >= 4 is 10.9 Å².